The first-order chi connectivity index (χ1) is 18.2. The van der Waals surface area contributed by atoms with Gasteiger partial charge >= 0.3 is 0 Å². The molecule has 1 N–H and O–H groups in total. The topological polar surface area (TPSA) is 112 Å². The van der Waals surface area contributed by atoms with Crippen LogP contribution in [0, 0.1) is 5.82 Å². The van der Waals surface area contributed by atoms with Crippen LogP contribution in [0.3, 0.4) is 0 Å². The highest BCUT2D eigenvalue weighted by Gasteiger charge is 2.32. The molecule has 2 aromatic heterocycles. The van der Waals surface area contributed by atoms with Gasteiger partial charge < -0.3 is 14.8 Å². The number of halogens is 2. The molecule has 0 atom stereocenters. The molecular formula is C25H18ClFN4O5S2. The van der Waals surface area contributed by atoms with Crippen LogP contribution in [0.25, 0.3) is 10.6 Å². The number of hydrogen-bond acceptors (Lipinski definition) is 8. The largest absolute Gasteiger partial charge is 0.497 e. The number of nitrogens with zero attached hydrogens (tertiary/aromatic N) is 3. The Kier molecular flexibility index (Phi) is 6.78. The minimum absolute atomic E-state index is 0.0350. The van der Waals surface area contributed by atoms with Crippen molar-refractivity contribution >= 4 is 44.5 Å². The molecule has 38 heavy (non-hydrogen) atoms. The first kappa shape index (κ1) is 25.6. The van der Waals surface area contributed by atoms with Crippen molar-refractivity contribution in [3.05, 3.63) is 99.1 Å². The lowest BCUT2D eigenvalue weighted by molar-refractivity contribution is 0.413. The number of hydrogen-bond donors (Lipinski definition) is 1. The number of rotatable bonds is 7. The molecule has 0 saturated heterocycles. The number of benzene rings is 2. The Morgan fingerprint density at radius 3 is 2.74 bits per heavy atom. The summed E-state index contributed by atoms with van der Waals surface area (Å²) in [6.45, 7) is 3.24. The maximum absolute atomic E-state index is 14.6. The van der Waals surface area contributed by atoms with Crippen LogP contribution in [0.1, 0.15) is 11.1 Å². The van der Waals surface area contributed by atoms with Crippen LogP contribution in [0.4, 0.5) is 10.1 Å². The number of amidine groups is 1. The van der Waals surface area contributed by atoms with Crippen LogP contribution >= 0.6 is 22.9 Å². The van der Waals surface area contributed by atoms with Crippen molar-refractivity contribution in [2.24, 2.45) is 4.40 Å². The Morgan fingerprint density at radius 2 is 2.05 bits per heavy atom. The van der Waals surface area contributed by atoms with Gasteiger partial charge in [0.25, 0.3) is 15.6 Å². The first-order valence-electron chi connectivity index (χ1n) is 10.9. The molecule has 0 amide bonds. The second kappa shape index (κ2) is 10.0. The number of fused-ring (bicyclic) bond motifs is 1. The molecule has 4 aromatic rings. The molecule has 0 saturated carbocycles. The minimum Gasteiger partial charge on any atom is -0.497 e. The fraction of sp³-hybridized carbons (Fsp3) is 0.0800. The van der Waals surface area contributed by atoms with E-state index in [0.717, 1.165) is 10.9 Å². The normalized spacial score (nSPS) is 13.7. The lowest BCUT2D eigenvalue weighted by Crippen LogP contribution is -2.35. The number of methoxy groups -OCH3 is 1. The van der Waals surface area contributed by atoms with Crippen LogP contribution in [0.15, 0.2) is 80.8 Å². The van der Waals surface area contributed by atoms with Gasteiger partial charge in [0, 0.05) is 16.7 Å². The zero-order chi connectivity index (χ0) is 27.0. The third-order valence-electron chi connectivity index (χ3n) is 5.60. The van der Waals surface area contributed by atoms with Crippen molar-refractivity contribution < 1.29 is 22.3 Å². The number of nitrogens with one attached hydrogen (secondary N) is 1. The number of anilines is 1. The third kappa shape index (κ3) is 4.57. The van der Waals surface area contributed by atoms with Gasteiger partial charge in [0.05, 0.1) is 30.5 Å². The van der Waals surface area contributed by atoms with E-state index in [4.69, 9.17) is 21.1 Å². The Labute approximate surface area is 225 Å². The zero-order valence-electron chi connectivity index (χ0n) is 19.6. The van der Waals surface area contributed by atoms with Crippen molar-refractivity contribution in [2.45, 2.75) is 11.4 Å². The fourth-order valence-corrected chi connectivity index (χ4v) is 5.92. The molecule has 0 aliphatic carbocycles. The van der Waals surface area contributed by atoms with Crippen LogP contribution in [-0.4, -0.2) is 31.1 Å². The second-order valence-corrected chi connectivity index (χ2v) is 10.8. The van der Waals surface area contributed by atoms with Crippen molar-refractivity contribution in [2.75, 3.05) is 12.4 Å². The molecule has 9 nitrogen and oxygen atoms in total. The van der Waals surface area contributed by atoms with Crippen molar-refractivity contribution in [3.8, 4) is 22.1 Å². The third-order valence-corrected chi connectivity index (χ3v) is 8.15. The molecule has 194 valence electrons. The van der Waals surface area contributed by atoms with Crippen LogP contribution in [-0.2, 0) is 16.6 Å². The molecule has 1 aliphatic heterocycles. The molecule has 2 aromatic carbocycles. The number of aromatic nitrogens is 2. The van der Waals surface area contributed by atoms with Crippen LogP contribution in [0.5, 0.6) is 11.5 Å². The van der Waals surface area contributed by atoms with Gasteiger partial charge in [-0.25, -0.2) is 9.07 Å². The van der Waals surface area contributed by atoms with Crippen molar-refractivity contribution in [3.63, 3.8) is 0 Å². The van der Waals surface area contributed by atoms with Gasteiger partial charge in [-0.3, -0.25) is 4.79 Å². The summed E-state index contributed by atoms with van der Waals surface area (Å²) >= 11 is 7.52. The summed E-state index contributed by atoms with van der Waals surface area (Å²) in [7, 11) is -2.85. The van der Waals surface area contributed by atoms with E-state index < -0.39 is 21.4 Å². The predicted molar refractivity (Wildman–Crippen MR) is 143 cm³/mol. The standard InChI is InChI=1S/C25H18ClFN4O5S2/c1-3-36-23-21(24-28-18-10-9-14(35-2)12-20(18)38(33,34)30-24)25(32)31(29-22(23)19-8-5-11-37-19)13-15-16(26)6-4-7-17(15)27/h3-12H,1,13H2,2H3,(H,28,30). The highest BCUT2D eigenvalue weighted by molar-refractivity contribution is 7.90. The molecule has 1 aliphatic rings. The SMILES string of the molecule is C=COc1c(-c2cccs2)nn(Cc2c(F)cccc2Cl)c(=O)c1C1=NS(=O)(=O)c2cc(OC)ccc2N1. The van der Waals surface area contributed by atoms with Gasteiger partial charge in [-0.2, -0.15) is 13.5 Å². The predicted octanol–water partition coefficient (Wildman–Crippen LogP) is 4.90. The lowest BCUT2D eigenvalue weighted by atomic mass is 10.1. The average Bonchev–Trinajstić information content (AvgIpc) is 3.42. The Bertz CT molecular complexity index is 1750. The molecule has 5 rings (SSSR count). The summed E-state index contributed by atoms with van der Waals surface area (Å²) in [6.07, 6.45) is 1.09. The van der Waals surface area contributed by atoms with Crippen molar-refractivity contribution in [1.82, 2.24) is 9.78 Å². The summed E-state index contributed by atoms with van der Waals surface area (Å²) in [4.78, 5) is 14.3. The summed E-state index contributed by atoms with van der Waals surface area (Å²) in [5.74, 6) is -0.674. The molecule has 0 bridgehead atoms. The highest BCUT2D eigenvalue weighted by atomic mass is 35.5. The van der Waals surface area contributed by atoms with Gasteiger partial charge in [-0.15, -0.1) is 15.7 Å². The quantitative estimate of drug-likeness (QED) is 0.313. The monoisotopic (exact) mass is 572 g/mol. The number of ether oxygens (including phenoxy) is 2. The lowest BCUT2D eigenvalue weighted by Gasteiger charge is -2.21. The highest BCUT2D eigenvalue weighted by Crippen LogP contribution is 2.37. The molecular weight excluding hydrogens is 555 g/mol. The average molecular weight is 573 g/mol. The molecule has 0 radical (unpaired) electrons. The first-order valence-corrected chi connectivity index (χ1v) is 13.6. The van der Waals surface area contributed by atoms with E-state index in [-0.39, 0.29) is 50.6 Å². The van der Waals surface area contributed by atoms with E-state index in [1.54, 1.807) is 23.6 Å². The Balaban J connectivity index is 1.78. The summed E-state index contributed by atoms with van der Waals surface area (Å²) in [5, 5.41) is 9.24. The number of thiophene rings is 1. The Hall–Kier alpha value is -4.00. The summed E-state index contributed by atoms with van der Waals surface area (Å²) in [6, 6.07) is 12.0. The van der Waals surface area contributed by atoms with Gasteiger partial charge in [-0.1, -0.05) is 30.3 Å². The number of sulfonamides is 1. The maximum atomic E-state index is 14.6. The molecule has 3 heterocycles. The Morgan fingerprint density at radius 1 is 1.24 bits per heavy atom. The maximum Gasteiger partial charge on any atom is 0.286 e. The van der Waals surface area contributed by atoms with Gasteiger partial charge in [0.15, 0.2) is 11.6 Å². The van der Waals surface area contributed by atoms with E-state index in [0.29, 0.717) is 10.6 Å². The smallest absolute Gasteiger partial charge is 0.286 e. The van der Waals surface area contributed by atoms with E-state index in [2.05, 4.69) is 21.4 Å². The molecule has 0 fully saturated rings. The van der Waals surface area contributed by atoms with E-state index in [1.807, 2.05) is 0 Å². The van der Waals surface area contributed by atoms with Crippen LogP contribution < -0.4 is 20.3 Å². The minimum atomic E-state index is -4.26. The van der Waals surface area contributed by atoms with E-state index in [9.17, 15) is 17.6 Å². The van der Waals surface area contributed by atoms with Gasteiger partial charge in [0.1, 0.15) is 27.7 Å². The fourth-order valence-electron chi connectivity index (χ4n) is 3.85. The van der Waals surface area contributed by atoms with E-state index in [1.165, 1.54) is 48.8 Å². The van der Waals surface area contributed by atoms with Crippen molar-refractivity contribution in [1.29, 1.82) is 0 Å². The van der Waals surface area contributed by atoms with E-state index >= 15 is 0 Å². The van der Waals surface area contributed by atoms with Crippen LogP contribution in [0.2, 0.25) is 5.02 Å². The summed E-state index contributed by atoms with van der Waals surface area (Å²) in [5.41, 5.74) is -0.615. The molecule has 13 heteroatoms. The summed E-state index contributed by atoms with van der Waals surface area (Å²) < 4.78 is 56.6. The van der Waals surface area contributed by atoms with Gasteiger partial charge in [-0.05, 0) is 35.7 Å². The second-order valence-electron chi connectivity index (χ2n) is 7.88. The van der Waals surface area contributed by atoms with Gasteiger partial charge in [0.2, 0.25) is 0 Å². The molecule has 0 unspecified atom stereocenters. The molecule has 0 spiro atoms. The zero-order valence-corrected chi connectivity index (χ0v) is 22.0.